The maximum absolute atomic E-state index is 12.2. The molecule has 0 fully saturated rings. The van der Waals surface area contributed by atoms with E-state index in [1.54, 1.807) is 22.5 Å². The number of aryl methyl sites for hydroxylation is 2. The molecule has 27 heavy (non-hydrogen) atoms. The number of rotatable bonds is 5. The standard InChI is InChI=1S/C19H18BrN3O3S/c1-11-4-5-17(12(2)6-11)23(13(3)24)19-22-15(10-27-19)9-26-18(25)16-7-14(20)8-21-16/h4-8,10,21H,9H2,1-3H3. The SMILES string of the molecule is CC(=O)N(c1nc(COC(=O)c2cc(Br)c[nH]2)cs1)c1ccc(C)cc1C. The maximum Gasteiger partial charge on any atom is 0.355 e. The Morgan fingerprint density at radius 2 is 2.07 bits per heavy atom. The molecule has 3 rings (SSSR count). The van der Waals surface area contributed by atoms with Gasteiger partial charge in [-0.2, -0.15) is 0 Å². The predicted octanol–water partition coefficient (Wildman–Crippen LogP) is 4.89. The van der Waals surface area contributed by atoms with Gasteiger partial charge in [-0.3, -0.25) is 9.69 Å². The van der Waals surface area contributed by atoms with Crippen LogP contribution in [0.15, 0.2) is 40.3 Å². The molecule has 140 valence electrons. The van der Waals surface area contributed by atoms with E-state index in [9.17, 15) is 9.59 Å². The van der Waals surface area contributed by atoms with Crippen molar-refractivity contribution in [2.75, 3.05) is 4.90 Å². The predicted molar refractivity (Wildman–Crippen MR) is 108 cm³/mol. The zero-order valence-corrected chi connectivity index (χ0v) is 17.5. The van der Waals surface area contributed by atoms with Gasteiger partial charge in [-0.05, 0) is 47.5 Å². The van der Waals surface area contributed by atoms with E-state index in [2.05, 4.69) is 25.9 Å². The first-order valence-electron chi connectivity index (χ1n) is 8.18. The van der Waals surface area contributed by atoms with Crippen LogP contribution in [0.5, 0.6) is 0 Å². The van der Waals surface area contributed by atoms with E-state index in [0.29, 0.717) is 16.5 Å². The largest absolute Gasteiger partial charge is 0.454 e. The molecule has 0 atom stereocenters. The summed E-state index contributed by atoms with van der Waals surface area (Å²) in [5.74, 6) is -0.593. The Kier molecular flexibility index (Phi) is 5.76. The Morgan fingerprint density at radius 1 is 1.30 bits per heavy atom. The van der Waals surface area contributed by atoms with E-state index in [-0.39, 0.29) is 12.5 Å². The van der Waals surface area contributed by atoms with Gasteiger partial charge in [-0.1, -0.05) is 17.7 Å². The highest BCUT2D eigenvalue weighted by Crippen LogP contribution is 2.31. The number of hydrogen-bond donors (Lipinski definition) is 1. The average molecular weight is 448 g/mol. The first-order valence-corrected chi connectivity index (χ1v) is 9.86. The molecule has 2 aromatic heterocycles. The number of nitrogens with one attached hydrogen (secondary N) is 1. The highest BCUT2D eigenvalue weighted by atomic mass is 79.9. The molecule has 0 saturated heterocycles. The summed E-state index contributed by atoms with van der Waals surface area (Å²) in [5.41, 5.74) is 3.86. The Morgan fingerprint density at radius 3 is 2.70 bits per heavy atom. The minimum atomic E-state index is -0.465. The second kappa shape index (κ2) is 8.06. The van der Waals surface area contributed by atoms with Crippen molar-refractivity contribution in [1.29, 1.82) is 0 Å². The molecule has 0 aliphatic rings. The van der Waals surface area contributed by atoms with Gasteiger partial charge < -0.3 is 9.72 Å². The summed E-state index contributed by atoms with van der Waals surface area (Å²) < 4.78 is 6.05. The molecule has 1 amide bonds. The lowest BCUT2D eigenvalue weighted by Gasteiger charge is -2.20. The van der Waals surface area contributed by atoms with Crippen molar-refractivity contribution in [3.63, 3.8) is 0 Å². The van der Waals surface area contributed by atoms with Gasteiger partial charge in [-0.15, -0.1) is 11.3 Å². The molecule has 3 aromatic rings. The minimum Gasteiger partial charge on any atom is -0.454 e. The minimum absolute atomic E-state index is 0.0323. The van der Waals surface area contributed by atoms with Gasteiger partial charge in [0.1, 0.15) is 12.3 Å². The first-order chi connectivity index (χ1) is 12.8. The van der Waals surface area contributed by atoms with E-state index >= 15 is 0 Å². The summed E-state index contributed by atoms with van der Waals surface area (Å²) in [4.78, 5) is 33.1. The number of carbonyl (C=O) groups is 2. The van der Waals surface area contributed by atoms with Crippen LogP contribution in [0.3, 0.4) is 0 Å². The van der Waals surface area contributed by atoms with E-state index in [4.69, 9.17) is 4.74 Å². The monoisotopic (exact) mass is 447 g/mol. The Bertz CT molecular complexity index is 996. The molecule has 1 aromatic carbocycles. The molecule has 6 nitrogen and oxygen atoms in total. The van der Waals surface area contributed by atoms with Crippen LogP contribution >= 0.6 is 27.3 Å². The lowest BCUT2D eigenvalue weighted by atomic mass is 10.1. The van der Waals surface area contributed by atoms with Crippen LogP contribution in [0.25, 0.3) is 0 Å². The van der Waals surface area contributed by atoms with Crippen LogP contribution < -0.4 is 4.90 Å². The molecular weight excluding hydrogens is 430 g/mol. The fourth-order valence-corrected chi connectivity index (χ4v) is 3.84. The number of anilines is 2. The number of benzene rings is 1. The third kappa shape index (κ3) is 4.45. The van der Waals surface area contributed by atoms with E-state index in [1.165, 1.54) is 18.3 Å². The second-order valence-electron chi connectivity index (χ2n) is 6.07. The van der Waals surface area contributed by atoms with E-state index in [0.717, 1.165) is 21.3 Å². The number of ether oxygens (including phenoxy) is 1. The van der Waals surface area contributed by atoms with Crippen molar-refractivity contribution < 1.29 is 14.3 Å². The van der Waals surface area contributed by atoms with Crippen molar-refractivity contribution in [2.24, 2.45) is 0 Å². The number of amides is 1. The van der Waals surface area contributed by atoms with Crippen LogP contribution in [0.1, 0.15) is 34.2 Å². The number of aromatic nitrogens is 2. The molecule has 0 unspecified atom stereocenters. The highest BCUT2D eigenvalue weighted by Gasteiger charge is 2.20. The maximum atomic E-state index is 12.2. The van der Waals surface area contributed by atoms with Crippen LogP contribution in [0.2, 0.25) is 0 Å². The number of H-pyrrole nitrogens is 1. The van der Waals surface area contributed by atoms with E-state index in [1.807, 2.05) is 32.0 Å². The molecule has 0 bridgehead atoms. The van der Waals surface area contributed by atoms with Crippen LogP contribution in [0.4, 0.5) is 10.8 Å². The number of thiazole rings is 1. The van der Waals surface area contributed by atoms with Crippen molar-refractivity contribution in [1.82, 2.24) is 9.97 Å². The third-order valence-corrected chi connectivity index (χ3v) is 5.19. The van der Waals surface area contributed by atoms with Crippen LogP contribution in [-0.4, -0.2) is 21.8 Å². The molecular formula is C19H18BrN3O3S. The van der Waals surface area contributed by atoms with Gasteiger partial charge in [-0.25, -0.2) is 9.78 Å². The number of halogens is 1. The quantitative estimate of drug-likeness (QED) is 0.564. The van der Waals surface area contributed by atoms with Gasteiger partial charge in [0.25, 0.3) is 0 Å². The Hall–Kier alpha value is -2.45. The zero-order valence-electron chi connectivity index (χ0n) is 15.1. The summed E-state index contributed by atoms with van der Waals surface area (Å²) >= 11 is 4.61. The molecule has 0 radical (unpaired) electrons. The smallest absolute Gasteiger partial charge is 0.355 e. The van der Waals surface area contributed by atoms with Crippen molar-refractivity contribution in [3.8, 4) is 0 Å². The van der Waals surface area contributed by atoms with Crippen molar-refractivity contribution in [3.05, 3.63) is 62.8 Å². The van der Waals surface area contributed by atoms with Gasteiger partial charge in [0, 0.05) is 23.0 Å². The molecule has 0 aliphatic carbocycles. The molecule has 8 heteroatoms. The summed E-state index contributed by atoms with van der Waals surface area (Å²) in [7, 11) is 0. The molecule has 2 heterocycles. The third-order valence-electron chi connectivity index (χ3n) is 3.86. The topological polar surface area (TPSA) is 75.3 Å². The van der Waals surface area contributed by atoms with Gasteiger partial charge in [0.05, 0.1) is 11.4 Å². The number of aromatic amines is 1. The Balaban J connectivity index is 1.76. The van der Waals surface area contributed by atoms with Gasteiger partial charge in [0.2, 0.25) is 5.91 Å². The first kappa shape index (κ1) is 19.3. The average Bonchev–Trinajstić information content (AvgIpc) is 3.24. The van der Waals surface area contributed by atoms with Crippen molar-refractivity contribution >= 4 is 50.0 Å². The molecule has 1 N–H and O–H groups in total. The highest BCUT2D eigenvalue weighted by molar-refractivity contribution is 9.10. The summed E-state index contributed by atoms with van der Waals surface area (Å²) in [5, 5.41) is 2.33. The summed E-state index contributed by atoms with van der Waals surface area (Å²) in [6.07, 6.45) is 1.66. The normalized spacial score (nSPS) is 10.7. The lowest BCUT2D eigenvalue weighted by molar-refractivity contribution is -0.115. The summed E-state index contributed by atoms with van der Waals surface area (Å²) in [6.45, 7) is 5.50. The van der Waals surface area contributed by atoms with Gasteiger partial charge in [0.15, 0.2) is 5.13 Å². The molecule has 0 spiro atoms. The van der Waals surface area contributed by atoms with Crippen LogP contribution in [0, 0.1) is 13.8 Å². The Labute approximate surface area is 169 Å². The lowest BCUT2D eigenvalue weighted by Crippen LogP contribution is -2.23. The summed E-state index contributed by atoms with van der Waals surface area (Å²) in [6, 6.07) is 7.54. The van der Waals surface area contributed by atoms with Crippen molar-refractivity contribution in [2.45, 2.75) is 27.4 Å². The second-order valence-corrected chi connectivity index (χ2v) is 7.83. The van der Waals surface area contributed by atoms with Crippen LogP contribution in [-0.2, 0) is 16.1 Å². The number of esters is 1. The number of hydrogen-bond acceptors (Lipinski definition) is 5. The zero-order chi connectivity index (χ0) is 19.6. The fourth-order valence-electron chi connectivity index (χ4n) is 2.63. The molecule has 0 saturated carbocycles. The fraction of sp³-hybridized carbons (Fsp3) is 0.211. The van der Waals surface area contributed by atoms with E-state index < -0.39 is 5.97 Å². The number of nitrogens with zero attached hydrogens (tertiary/aromatic N) is 2. The number of carbonyl (C=O) groups excluding carboxylic acids is 2. The van der Waals surface area contributed by atoms with Gasteiger partial charge >= 0.3 is 5.97 Å². The molecule has 0 aliphatic heterocycles.